The quantitative estimate of drug-likeness (QED) is 0.357. The zero-order chi connectivity index (χ0) is 11.4. The molecule has 15 heavy (non-hydrogen) atoms. The summed E-state index contributed by atoms with van der Waals surface area (Å²) in [5.41, 5.74) is 0. The van der Waals surface area contributed by atoms with Gasteiger partial charge in [-0.1, -0.05) is 71.6 Å². The molecule has 1 heteroatoms. The first-order valence-corrected chi connectivity index (χ1v) is 6.76. The minimum absolute atomic E-state index is 0.273. The van der Waals surface area contributed by atoms with E-state index in [9.17, 15) is 4.79 Å². The van der Waals surface area contributed by atoms with Crippen LogP contribution >= 0.6 is 0 Å². The van der Waals surface area contributed by atoms with Gasteiger partial charge >= 0.3 is 0 Å². The summed E-state index contributed by atoms with van der Waals surface area (Å²) < 4.78 is 0. The number of carbonyl (C=O) groups excluding carboxylic acids is 1. The normalized spacial score (nSPS) is 12.7. The van der Waals surface area contributed by atoms with Crippen molar-refractivity contribution < 1.29 is 4.79 Å². The molecule has 1 unspecified atom stereocenters. The predicted octanol–water partition coefficient (Wildman–Crippen LogP) is 4.74. The number of hydrogen-bond donors (Lipinski definition) is 0. The molecule has 0 spiro atoms. The SMILES string of the molecule is CCCCCCCCCCCC(C)C=O. The van der Waals surface area contributed by atoms with Crippen LogP contribution < -0.4 is 0 Å². The van der Waals surface area contributed by atoms with Crippen molar-refractivity contribution >= 4 is 6.29 Å². The van der Waals surface area contributed by atoms with Gasteiger partial charge < -0.3 is 4.79 Å². The summed E-state index contributed by atoms with van der Waals surface area (Å²) in [6.45, 7) is 4.27. The van der Waals surface area contributed by atoms with Crippen LogP contribution in [0.4, 0.5) is 0 Å². The molecule has 0 heterocycles. The van der Waals surface area contributed by atoms with Crippen molar-refractivity contribution in [2.45, 2.75) is 78.1 Å². The van der Waals surface area contributed by atoms with Gasteiger partial charge in [-0.2, -0.15) is 0 Å². The summed E-state index contributed by atoms with van der Waals surface area (Å²) in [4.78, 5) is 10.4. The standard InChI is InChI=1S/C14H28O/c1-3-4-5-6-7-8-9-10-11-12-14(2)13-15/h13-14H,3-12H2,1-2H3. The highest BCUT2D eigenvalue weighted by Gasteiger charge is 1.98. The molecular weight excluding hydrogens is 184 g/mol. The lowest BCUT2D eigenvalue weighted by Gasteiger charge is -2.03. The lowest BCUT2D eigenvalue weighted by molar-refractivity contribution is -0.110. The van der Waals surface area contributed by atoms with Gasteiger partial charge in [-0.15, -0.1) is 0 Å². The van der Waals surface area contributed by atoms with Crippen molar-refractivity contribution in [3.63, 3.8) is 0 Å². The smallest absolute Gasteiger partial charge is 0.122 e. The molecule has 0 radical (unpaired) electrons. The Balaban J connectivity index is 2.95. The van der Waals surface area contributed by atoms with Gasteiger partial charge in [0, 0.05) is 5.92 Å². The number of aldehydes is 1. The minimum Gasteiger partial charge on any atom is -0.303 e. The number of hydrogen-bond acceptors (Lipinski definition) is 1. The second-order valence-electron chi connectivity index (χ2n) is 4.73. The lowest BCUT2D eigenvalue weighted by Crippen LogP contribution is -1.94. The highest BCUT2D eigenvalue weighted by atomic mass is 16.1. The van der Waals surface area contributed by atoms with Gasteiger partial charge in [0.15, 0.2) is 0 Å². The summed E-state index contributed by atoms with van der Waals surface area (Å²) >= 11 is 0. The first-order chi connectivity index (χ1) is 7.31. The maximum Gasteiger partial charge on any atom is 0.122 e. The number of rotatable bonds is 11. The highest BCUT2D eigenvalue weighted by molar-refractivity contribution is 5.52. The van der Waals surface area contributed by atoms with Crippen molar-refractivity contribution in [1.82, 2.24) is 0 Å². The Kier molecular flexibility index (Phi) is 11.5. The molecule has 0 fully saturated rings. The average molecular weight is 212 g/mol. The zero-order valence-corrected chi connectivity index (χ0v) is 10.6. The summed E-state index contributed by atoms with van der Waals surface area (Å²) in [5.74, 6) is 0.273. The number of unbranched alkanes of at least 4 members (excludes halogenated alkanes) is 8. The minimum atomic E-state index is 0.273. The molecule has 0 saturated heterocycles. The van der Waals surface area contributed by atoms with Crippen LogP contribution in [0.5, 0.6) is 0 Å². The fourth-order valence-corrected chi connectivity index (χ4v) is 1.85. The largest absolute Gasteiger partial charge is 0.303 e. The molecule has 0 aromatic carbocycles. The Hall–Kier alpha value is -0.330. The van der Waals surface area contributed by atoms with Gasteiger partial charge in [0.2, 0.25) is 0 Å². The van der Waals surface area contributed by atoms with Crippen molar-refractivity contribution in [1.29, 1.82) is 0 Å². The third-order valence-electron chi connectivity index (χ3n) is 3.00. The summed E-state index contributed by atoms with van der Waals surface area (Å²) in [6, 6.07) is 0. The van der Waals surface area contributed by atoms with Crippen LogP contribution in [0.1, 0.15) is 78.1 Å². The van der Waals surface area contributed by atoms with Crippen molar-refractivity contribution in [3.05, 3.63) is 0 Å². The van der Waals surface area contributed by atoms with Crippen LogP contribution in [0.3, 0.4) is 0 Å². The third-order valence-corrected chi connectivity index (χ3v) is 3.00. The topological polar surface area (TPSA) is 17.1 Å². The second-order valence-corrected chi connectivity index (χ2v) is 4.73. The van der Waals surface area contributed by atoms with E-state index in [0.29, 0.717) is 0 Å². The Labute approximate surface area is 95.6 Å². The van der Waals surface area contributed by atoms with Gasteiger partial charge in [-0.25, -0.2) is 0 Å². The predicted molar refractivity (Wildman–Crippen MR) is 67.1 cm³/mol. The van der Waals surface area contributed by atoms with E-state index in [1.807, 2.05) is 6.92 Å². The molecule has 0 aliphatic carbocycles. The lowest BCUT2D eigenvalue weighted by atomic mass is 10.0. The maximum absolute atomic E-state index is 10.4. The van der Waals surface area contributed by atoms with Crippen LogP contribution in [0, 0.1) is 5.92 Å². The van der Waals surface area contributed by atoms with E-state index in [1.165, 1.54) is 57.8 Å². The Morgan fingerprint density at radius 1 is 0.867 bits per heavy atom. The highest BCUT2D eigenvalue weighted by Crippen LogP contribution is 2.12. The van der Waals surface area contributed by atoms with Gasteiger partial charge in [0.1, 0.15) is 6.29 Å². The van der Waals surface area contributed by atoms with E-state index in [-0.39, 0.29) is 5.92 Å². The molecule has 0 aromatic heterocycles. The Morgan fingerprint density at radius 3 is 1.80 bits per heavy atom. The Bertz CT molecular complexity index is 131. The summed E-state index contributed by atoms with van der Waals surface area (Å²) in [6.07, 6.45) is 14.4. The maximum atomic E-state index is 10.4. The average Bonchev–Trinajstić information content (AvgIpc) is 2.26. The van der Waals surface area contributed by atoms with Crippen molar-refractivity contribution in [2.24, 2.45) is 5.92 Å². The monoisotopic (exact) mass is 212 g/mol. The second kappa shape index (κ2) is 11.7. The molecule has 0 N–H and O–H groups in total. The zero-order valence-electron chi connectivity index (χ0n) is 10.6. The molecule has 90 valence electrons. The molecular formula is C14H28O. The first kappa shape index (κ1) is 14.7. The van der Waals surface area contributed by atoms with Crippen LogP contribution in [0.15, 0.2) is 0 Å². The van der Waals surface area contributed by atoms with Crippen molar-refractivity contribution in [3.8, 4) is 0 Å². The summed E-state index contributed by atoms with van der Waals surface area (Å²) in [5, 5.41) is 0. The molecule has 1 atom stereocenters. The Morgan fingerprint density at radius 2 is 1.33 bits per heavy atom. The van der Waals surface area contributed by atoms with E-state index in [2.05, 4.69) is 6.92 Å². The fraction of sp³-hybridized carbons (Fsp3) is 0.929. The molecule has 1 nitrogen and oxygen atoms in total. The molecule has 0 aliphatic heterocycles. The first-order valence-electron chi connectivity index (χ1n) is 6.76. The van der Waals surface area contributed by atoms with Gasteiger partial charge in [0.25, 0.3) is 0 Å². The van der Waals surface area contributed by atoms with E-state index in [0.717, 1.165) is 12.7 Å². The molecule has 0 bridgehead atoms. The molecule has 0 aromatic rings. The van der Waals surface area contributed by atoms with E-state index in [4.69, 9.17) is 0 Å². The fourth-order valence-electron chi connectivity index (χ4n) is 1.85. The van der Waals surface area contributed by atoms with Crippen LogP contribution in [0.25, 0.3) is 0 Å². The molecule has 0 amide bonds. The van der Waals surface area contributed by atoms with E-state index in [1.54, 1.807) is 0 Å². The summed E-state index contributed by atoms with van der Waals surface area (Å²) in [7, 11) is 0. The van der Waals surface area contributed by atoms with Crippen LogP contribution in [-0.4, -0.2) is 6.29 Å². The molecule has 0 saturated carbocycles. The van der Waals surface area contributed by atoms with E-state index < -0.39 is 0 Å². The van der Waals surface area contributed by atoms with Gasteiger partial charge in [-0.3, -0.25) is 0 Å². The van der Waals surface area contributed by atoms with Crippen molar-refractivity contribution in [2.75, 3.05) is 0 Å². The number of carbonyl (C=O) groups is 1. The molecule has 0 aliphatic rings. The van der Waals surface area contributed by atoms with Gasteiger partial charge in [0.05, 0.1) is 0 Å². The van der Waals surface area contributed by atoms with Crippen LogP contribution in [-0.2, 0) is 4.79 Å². The molecule has 0 rings (SSSR count). The van der Waals surface area contributed by atoms with Gasteiger partial charge in [-0.05, 0) is 6.42 Å². The van der Waals surface area contributed by atoms with Crippen LogP contribution in [0.2, 0.25) is 0 Å². The van der Waals surface area contributed by atoms with E-state index >= 15 is 0 Å². The third kappa shape index (κ3) is 11.6.